The third kappa shape index (κ3) is 6.39. The van der Waals surface area contributed by atoms with Gasteiger partial charge in [0, 0.05) is 16.1 Å². The van der Waals surface area contributed by atoms with Crippen LogP contribution in [-0.2, 0) is 12.8 Å². The maximum Gasteiger partial charge on any atom is 0.0445 e. The number of hydrogen-bond acceptors (Lipinski definition) is 0. The van der Waals surface area contributed by atoms with Gasteiger partial charge >= 0.3 is 0 Å². The van der Waals surface area contributed by atoms with Crippen LogP contribution < -0.4 is 0 Å². The van der Waals surface area contributed by atoms with Crippen molar-refractivity contribution in [2.75, 3.05) is 0 Å². The molecule has 0 bridgehead atoms. The summed E-state index contributed by atoms with van der Waals surface area (Å²) in [5.41, 5.74) is 3.40. The molecule has 4 aliphatic rings. The Morgan fingerprint density at radius 1 is 0.525 bits per heavy atom. The average Bonchev–Trinajstić information content (AvgIpc) is 3.40. The fraction of sp³-hybridized carbons (Fsp3) is 0.737. The number of rotatable bonds is 8. The summed E-state index contributed by atoms with van der Waals surface area (Å²) in [5.74, 6) is 7.93. The van der Waals surface area contributed by atoms with Gasteiger partial charge in [0.25, 0.3) is 0 Å². The molecular weight excluding hydrogens is 513 g/mol. The van der Waals surface area contributed by atoms with Gasteiger partial charge in [0.2, 0.25) is 0 Å². The van der Waals surface area contributed by atoms with Crippen molar-refractivity contribution in [3.8, 4) is 0 Å². The summed E-state index contributed by atoms with van der Waals surface area (Å²) in [6, 6.07) is 17.8. The number of hydrogen-bond donors (Lipinski definition) is 0. The summed E-state index contributed by atoms with van der Waals surface area (Å²) in [6.45, 7) is 15.7. The largest absolute Gasteiger partial charge is 0.0695 e. The minimum atomic E-state index is -1.03. The molecule has 0 aromatic heterocycles. The molecule has 8 unspecified atom stereocenters. The summed E-state index contributed by atoms with van der Waals surface area (Å²) >= 11 is 0. The van der Waals surface area contributed by atoms with Crippen LogP contribution in [0.5, 0.6) is 0 Å². The smallest absolute Gasteiger partial charge is 0.0445 e. The van der Waals surface area contributed by atoms with E-state index in [1.54, 1.807) is 28.6 Å². The molecule has 0 nitrogen and oxygen atoms in total. The predicted molar refractivity (Wildman–Crippen MR) is 182 cm³/mol. The van der Waals surface area contributed by atoms with Crippen molar-refractivity contribution < 1.29 is 0 Å². The van der Waals surface area contributed by atoms with E-state index in [1.807, 2.05) is 0 Å². The quantitative estimate of drug-likeness (QED) is 0.276. The summed E-state index contributed by atoms with van der Waals surface area (Å²) in [5, 5.41) is 3.19. The van der Waals surface area contributed by atoms with Crippen molar-refractivity contribution in [3.05, 3.63) is 47.5 Å². The highest BCUT2D eigenvalue weighted by Gasteiger charge is 2.46. The van der Waals surface area contributed by atoms with E-state index in [0.717, 1.165) is 47.3 Å². The second-order valence-corrected chi connectivity index (χ2v) is 28.7. The third-order valence-electron chi connectivity index (χ3n) is 12.2. The molecule has 4 fully saturated rings. The summed E-state index contributed by atoms with van der Waals surface area (Å²) in [4.78, 5) is 0. The fourth-order valence-electron chi connectivity index (χ4n) is 11.1. The molecule has 0 heterocycles. The van der Waals surface area contributed by atoms with Gasteiger partial charge in [-0.1, -0.05) is 113 Å². The lowest BCUT2D eigenvalue weighted by Gasteiger charge is -2.33. The van der Waals surface area contributed by atoms with E-state index in [-0.39, 0.29) is 0 Å². The van der Waals surface area contributed by atoms with Gasteiger partial charge in [-0.05, 0) is 121 Å². The van der Waals surface area contributed by atoms with E-state index >= 15 is 0 Å². The van der Waals surface area contributed by atoms with Gasteiger partial charge in [0.05, 0.1) is 0 Å². The highest BCUT2D eigenvalue weighted by Crippen LogP contribution is 2.54. The Kier molecular flexibility index (Phi) is 8.52. The molecule has 0 spiro atoms. The zero-order chi connectivity index (χ0) is 28.1. The van der Waals surface area contributed by atoms with Crippen molar-refractivity contribution in [1.29, 1.82) is 0 Å². The molecule has 40 heavy (non-hydrogen) atoms. The maximum absolute atomic E-state index is 2.61. The number of fused-ring (bicyclic) bond motifs is 3. The normalized spacial score (nSPS) is 34.6. The van der Waals surface area contributed by atoms with E-state index in [2.05, 4.69) is 75.7 Å². The Hall–Kier alpha value is -0.866. The van der Waals surface area contributed by atoms with E-state index in [4.69, 9.17) is 0 Å². The average molecular weight is 573 g/mol. The molecule has 0 N–H and O–H groups in total. The van der Waals surface area contributed by atoms with Crippen LogP contribution in [-0.4, -0.2) is 16.1 Å². The van der Waals surface area contributed by atoms with Gasteiger partial charge in [-0.25, -0.2) is 0 Å². The van der Waals surface area contributed by atoms with Crippen LogP contribution in [0.4, 0.5) is 0 Å². The first kappa shape index (κ1) is 29.2. The number of benzene rings is 2. The van der Waals surface area contributed by atoms with Crippen molar-refractivity contribution in [2.45, 2.75) is 128 Å². The predicted octanol–water partition coefficient (Wildman–Crippen LogP) is 11.5. The minimum Gasteiger partial charge on any atom is -0.0695 e. The lowest BCUT2D eigenvalue weighted by Crippen LogP contribution is -2.28. The van der Waals surface area contributed by atoms with Crippen LogP contribution in [0.3, 0.4) is 0 Å². The van der Waals surface area contributed by atoms with Crippen molar-refractivity contribution in [1.82, 2.24) is 0 Å². The van der Waals surface area contributed by atoms with E-state index in [1.165, 1.54) is 82.4 Å². The summed E-state index contributed by atoms with van der Waals surface area (Å²) < 4.78 is 0. The van der Waals surface area contributed by atoms with Crippen molar-refractivity contribution in [3.63, 3.8) is 0 Å². The van der Waals surface area contributed by atoms with Gasteiger partial charge in [-0.15, -0.1) is 0 Å². The second kappa shape index (κ2) is 11.7. The minimum absolute atomic E-state index is 0.917. The Morgan fingerprint density at radius 2 is 0.900 bits per heavy atom. The summed E-state index contributed by atoms with van der Waals surface area (Å²) in [7, 11) is -2.05. The molecular formula is C38H60Si2. The molecule has 6 rings (SSSR count). The van der Waals surface area contributed by atoms with Gasteiger partial charge in [0.1, 0.15) is 0 Å². The Labute approximate surface area is 249 Å². The lowest BCUT2D eigenvalue weighted by atomic mass is 9.74. The summed E-state index contributed by atoms with van der Waals surface area (Å²) in [6.07, 6.45) is 17.8. The molecule has 220 valence electrons. The van der Waals surface area contributed by atoms with Crippen LogP contribution >= 0.6 is 0 Å². The monoisotopic (exact) mass is 572 g/mol. The van der Waals surface area contributed by atoms with Crippen molar-refractivity contribution in [2.24, 2.45) is 47.3 Å². The Morgan fingerprint density at radius 3 is 1.27 bits per heavy atom. The molecule has 2 aromatic rings. The van der Waals surface area contributed by atoms with Gasteiger partial charge in [-0.2, -0.15) is 0 Å². The highest BCUT2D eigenvalue weighted by atomic mass is 28.3. The first-order valence-corrected chi connectivity index (χ1v) is 25.0. The second-order valence-electron chi connectivity index (χ2n) is 17.6. The zero-order valence-electron chi connectivity index (χ0n) is 27.0. The molecule has 2 heteroatoms. The molecule has 4 aliphatic carbocycles. The maximum atomic E-state index is 2.61. The van der Waals surface area contributed by atoms with E-state index < -0.39 is 16.1 Å². The standard InChI is InChI=1S/C38H60Si2/c1-39(2,3)25-32-23-30(34-17-7-9-19-36(32)34)21-28-15-11-13-27-14-12-16-29(38(27)28)22-31-24-33(26-40(4,5)6)37-20-10-8-18-35(31)37/h11-16,30-37H,7-10,17-26H2,1-6H3. The molecule has 0 radical (unpaired) electrons. The highest BCUT2D eigenvalue weighted by molar-refractivity contribution is 6.76. The van der Waals surface area contributed by atoms with Crippen LogP contribution in [0.25, 0.3) is 10.8 Å². The van der Waals surface area contributed by atoms with Crippen LogP contribution in [0.2, 0.25) is 51.4 Å². The molecule has 4 saturated carbocycles. The van der Waals surface area contributed by atoms with E-state index in [0.29, 0.717) is 0 Å². The Bertz CT molecular complexity index is 1070. The molecule has 2 aromatic carbocycles. The SMILES string of the molecule is C[Si](C)(C)CC1CC(Cc2cccc3cccc(CC4CC(C[Si](C)(C)C)C5CCCCC45)c23)C2CCCCC12. The zero-order valence-corrected chi connectivity index (χ0v) is 29.0. The van der Waals surface area contributed by atoms with Gasteiger partial charge in [-0.3, -0.25) is 0 Å². The molecule has 0 aliphatic heterocycles. The first-order chi connectivity index (χ1) is 19.1. The topological polar surface area (TPSA) is 0 Å². The fourth-order valence-corrected chi connectivity index (χ4v) is 15.2. The Balaban J connectivity index is 1.27. The van der Waals surface area contributed by atoms with Crippen LogP contribution in [0.1, 0.15) is 75.3 Å². The van der Waals surface area contributed by atoms with Gasteiger partial charge < -0.3 is 0 Å². The first-order valence-electron chi connectivity index (χ1n) is 17.6. The van der Waals surface area contributed by atoms with Gasteiger partial charge in [0.15, 0.2) is 0 Å². The van der Waals surface area contributed by atoms with Crippen LogP contribution in [0.15, 0.2) is 36.4 Å². The van der Waals surface area contributed by atoms with E-state index in [9.17, 15) is 0 Å². The third-order valence-corrected chi connectivity index (χ3v) is 15.7. The van der Waals surface area contributed by atoms with Crippen molar-refractivity contribution >= 4 is 26.9 Å². The lowest BCUT2D eigenvalue weighted by molar-refractivity contribution is 0.206. The van der Waals surface area contributed by atoms with Crippen LogP contribution in [0, 0.1) is 47.3 Å². The molecule has 0 amide bonds. The molecule has 0 saturated heterocycles. The molecule has 8 atom stereocenters.